The van der Waals surface area contributed by atoms with Crippen molar-refractivity contribution in [1.29, 1.82) is 0 Å². The third kappa shape index (κ3) is 4.18. The van der Waals surface area contributed by atoms with E-state index in [-0.39, 0.29) is 5.82 Å². The molecule has 3 unspecified atom stereocenters. The average Bonchev–Trinajstić information content (AvgIpc) is 2.82. The van der Waals surface area contributed by atoms with Crippen LogP contribution in [-0.2, 0) is 14.3 Å². The number of carbonyl (C=O) groups is 2. The standard InChI is InChI=1S/C13H18N4O8/c14-5(12(22)23)3-8(19)15-7-1-2-17(13(24)16-7)11-10(21)9(20)6(4-18)25-11/h1-2,5-6,9-11,18,20-21H,3-4,14H2,(H,22,23)(H,15,16,19,24)/t5?,6-,9?,10?,11-/m1/s1. The number of nitrogens with two attached hydrogens (primary N) is 1. The van der Waals surface area contributed by atoms with E-state index in [9.17, 15) is 24.6 Å². The molecule has 0 bridgehead atoms. The smallest absolute Gasteiger partial charge is 0.351 e. The van der Waals surface area contributed by atoms with Gasteiger partial charge >= 0.3 is 11.7 Å². The van der Waals surface area contributed by atoms with Crippen LogP contribution in [0.3, 0.4) is 0 Å². The molecule has 2 rings (SSSR count). The van der Waals surface area contributed by atoms with E-state index < -0.39 is 61.2 Å². The highest BCUT2D eigenvalue weighted by atomic mass is 16.6. The van der Waals surface area contributed by atoms with E-state index in [1.165, 1.54) is 12.3 Å². The molecule has 0 saturated carbocycles. The first kappa shape index (κ1) is 19.0. The minimum atomic E-state index is -1.45. The van der Waals surface area contributed by atoms with Crippen LogP contribution in [0.1, 0.15) is 12.6 Å². The van der Waals surface area contributed by atoms with Gasteiger partial charge in [-0.15, -0.1) is 0 Å². The summed E-state index contributed by atoms with van der Waals surface area (Å²) in [5, 5.41) is 39.5. The predicted octanol–water partition coefficient (Wildman–Crippen LogP) is -3.40. The molecule has 138 valence electrons. The molecule has 12 nitrogen and oxygen atoms in total. The number of nitrogens with one attached hydrogen (secondary N) is 1. The summed E-state index contributed by atoms with van der Waals surface area (Å²) in [5.74, 6) is -2.23. The number of carboxylic acids is 1. The van der Waals surface area contributed by atoms with Gasteiger partial charge in [0.2, 0.25) is 5.91 Å². The van der Waals surface area contributed by atoms with Gasteiger partial charge in [-0.3, -0.25) is 14.2 Å². The Morgan fingerprint density at radius 3 is 2.60 bits per heavy atom. The van der Waals surface area contributed by atoms with Gasteiger partial charge in [-0.2, -0.15) is 4.98 Å². The SMILES string of the molecule is NC(CC(=O)Nc1ccn([C@@H]2O[C@H](CO)C(O)C2O)c(=O)n1)C(=O)O. The third-order valence-electron chi connectivity index (χ3n) is 3.61. The topological polar surface area (TPSA) is 197 Å². The minimum absolute atomic E-state index is 0.143. The summed E-state index contributed by atoms with van der Waals surface area (Å²) in [6, 6.07) is -0.167. The number of carboxylic acid groups (broad SMARTS) is 1. The van der Waals surface area contributed by atoms with E-state index in [1.807, 2.05) is 0 Å². The number of anilines is 1. The fraction of sp³-hybridized carbons (Fsp3) is 0.538. The van der Waals surface area contributed by atoms with Gasteiger partial charge in [-0.25, -0.2) is 4.79 Å². The highest BCUT2D eigenvalue weighted by Gasteiger charge is 2.43. The lowest BCUT2D eigenvalue weighted by atomic mass is 10.1. The molecule has 1 aromatic heterocycles. The van der Waals surface area contributed by atoms with Crippen LogP contribution < -0.4 is 16.7 Å². The molecule has 1 aliphatic rings. The number of aromatic nitrogens is 2. The lowest BCUT2D eigenvalue weighted by Crippen LogP contribution is -2.36. The fourth-order valence-corrected chi connectivity index (χ4v) is 2.27. The number of hydrogen-bond acceptors (Lipinski definition) is 9. The molecule has 1 aromatic rings. The third-order valence-corrected chi connectivity index (χ3v) is 3.61. The summed E-state index contributed by atoms with van der Waals surface area (Å²) < 4.78 is 6.10. The number of hydrogen-bond donors (Lipinski definition) is 6. The van der Waals surface area contributed by atoms with E-state index in [0.29, 0.717) is 0 Å². The zero-order valence-corrected chi connectivity index (χ0v) is 12.8. The second-order valence-corrected chi connectivity index (χ2v) is 5.43. The molecule has 7 N–H and O–H groups in total. The molecule has 0 aliphatic carbocycles. The number of ether oxygens (including phenoxy) is 1. The second kappa shape index (κ2) is 7.67. The monoisotopic (exact) mass is 358 g/mol. The van der Waals surface area contributed by atoms with E-state index in [0.717, 1.165) is 4.57 Å². The number of aliphatic carboxylic acids is 1. The molecule has 0 radical (unpaired) electrons. The Hall–Kier alpha value is -2.38. The molecule has 1 aliphatic heterocycles. The largest absolute Gasteiger partial charge is 0.480 e. The van der Waals surface area contributed by atoms with Crippen LogP contribution in [0, 0.1) is 0 Å². The van der Waals surface area contributed by atoms with Gasteiger partial charge < -0.3 is 36.2 Å². The summed E-state index contributed by atoms with van der Waals surface area (Å²) in [7, 11) is 0. The minimum Gasteiger partial charge on any atom is -0.480 e. The van der Waals surface area contributed by atoms with E-state index in [4.69, 9.17) is 20.7 Å². The Bertz CT molecular complexity index is 708. The summed E-state index contributed by atoms with van der Waals surface area (Å²) in [6.45, 7) is -0.547. The summed E-state index contributed by atoms with van der Waals surface area (Å²) >= 11 is 0. The van der Waals surface area contributed by atoms with E-state index >= 15 is 0 Å². The molecular weight excluding hydrogens is 340 g/mol. The summed E-state index contributed by atoms with van der Waals surface area (Å²) in [5.41, 5.74) is 4.33. The van der Waals surface area contributed by atoms with Gasteiger partial charge in [-0.1, -0.05) is 0 Å². The van der Waals surface area contributed by atoms with Crippen molar-refractivity contribution in [2.24, 2.45) is 5.73 Å². The van der Waals surface area contributed by atoms with Gasteiger partial charge in [0.05, 0.1) is 13.0 Å². The van der Waals surface area contributed by atoms with E-state index in [1.54, 1.807) is 0 Å². The first-order valence-electron chi connectivity index (χ1n) is 7.24. The van der Waals surface area contributed by atoms with Gasteiger partial charge in [0.1, 0.15) is 30.2 Å². The van der Waals surface area contributed by atoms with Crippen molar-refractivity contribution < 1.29 is 34.8 Å². The average molecular weight is 358 g/mol. The quantitative estimate of drug-likeness (QED) is 0.298. The van der Waals surface area contributed by atoms with Crippen LogP contribution in [0.5, 0.6) is 0 Å². The van der Waals surface area contributed by atoms with Gasteiger partial charge in [0.15, 0.2) is 6.23 Å². The van der Waals surface area contributed by atoms with Gasteiger partial charge in [0, 0.05) is 6.20 Å². The Morgan fingerprint density at radius 2 is 2.08 bits per heavy atom. The first-order chi connectivity index (χ1) is 11.7. The molecule has 1 saturated heterocycles. The lowest BCUT2D eigenvalue weighted by molar-refractivity contribution is -0.140. The zero-order valence-electron chi connectivity index (χ0n) is 12.8. The van der Waals surface area contributed by atoms with Crippen LogP contribution in [0.2, 0.25) is 0 Å². The normalized spacial score (nSPS) is 27.0. The molecule has 2 heterocycles. The molecule has 12 heteroatoms. The van der Waals surface area contributed by atoms with Crippen molar-refractivity contribution in [3.63, 3.8) is 0 Å². The zero-order chi connectivity index (χ0) is 18.7. The summed E-state index contributed by atoms with van der Waals surface area (Å²) in [4.78, 5) is 37.8. The van der Waals surface area contributed by atoms with Crippen LogP contribution in [0.15, 0.2) is 17.1 Å². The highest BCUT2D eigenvalue weighted by Crippen LogP contribution is 2.28. The number of aliphatic hydroxyl groups excluding tert-OH is 3. The molecule has 0 spiro atoms. The maximum Gasteiger partial charge on any atom is 0.351 e. The van der Waals surface area contributed by atoms with Crippen molar-refractivity contribution in [2.45, 2.75) is 37.0 Å². The second-order valence-electron chi connectivity index (χ2n) is 5.43. The molecule has 1 fully saturated rings. The predicted molar refractivity (Wildman–Crippen MR) is 80.4 cm³/mol. The van der Waals surface area contributed by atoms with Crippen LogP contribution >= 0.6 is 0 Å². The summed E-state index contributed by atoms with van der Waals surface area (Å²) in [6.07, 6.45) is -4.47. The number of carbonyl (C=O) groups excluding carboxylic acids is 1. The van der Waals surface area contributed by atoms with Crippen LogP contribution in [0.4, 0.5) is 5.82 Å². The Morgan fingerprint density at radius 1 is 1.40 bits per heavy atom. The van der Waals surface area contributed by atoms with Gasteiger partial charge in [0.25, 0.3) is 0 Å². The Labute approximate surface area is 140 Å². The van der Waals surface area contributed by atoms with Crippen LogP contribution in [0.25, 0.3) is 0 Å². The fourth-order valence-electron chi connectivity index (χ4n) is 2.27. The molecule has 0 aromatic carbocycles. The van der Waals surface area contributed by atoms with Gasteiger partial charge in [-0.05, 0) is 6.07 Å². The molecule has 25 heavy (non-hydrogen) atoms. The molecular formula is C13H18N4O8. The highest BCUT2D eigenvalue weighted by molar-refractivity contribution is 5.93. The van der Waals surface area contributed by atoms with Crippen molar-refractivity contribution >= 4 is 17.7 Å². The Kier molecular flexibility index (Phi) is 5.81. The van der Waals surface area contributed by atoms with Crippen molar-refractivity contribution in [3.8, 4) is 0 Å². The first-order valence-corrected chi connectivity index (χ1v) is 7.24. The maximum atomic E-state index is 12.0. The van der Waals surface area contributed by atoms with Crippen molar-refractivity contribution in [2.75, 3.05) is 11.9 Å². The van der Waals surface area contributed by atoms with Crippen molar-refractivity contribution in [1.82, 2.24) is 9.55 Å². The number of rotatable bonds is 6. The van der Waals surface area contributed by atoms with E-state index in [2.05, 4.69) is 10.3 Å². The maximum absolute atomic E-state index is 12.0. The van der Waals surface area contributed by atoms with Crippen molar-refractivity contribution in [3.05, 3.63) is 22.7 Å². The number of amides is 1. The van der Waals surface area contributed by atoms with Crippen LogP contribution in [-0.4, -0.2) is 72.8 Å². The number of nitrogens with zero attached hydrogens (tertiary/aromatic N) is 2. The molecule has 5 atom stereocenters. The number of aliphatic hydroxyl groups is 3. The Balaban J connectivity index is 2.10. The lowest BCUT2D eigenvalue weighted by Gasteiger charge is -2.17. The molecule has 1 amide bonds.